The van der Waals surface area contributed by atoms with E-state index >= 15 is 0 Å². The first-order chi connectivity index (χ1) is 19.4. The summed E-state index contributed by atoms with van der Waals surface area (Å²) < 4.78 is 1.97. The molecule has 3 heterocycles. The van der Waals surface area contributed by atoms with Gasteiger partial charge >= 0.3 is 0 Å². The number of hydrogen-bond acceptors (Lipinski definition) is 6. The van der Waals surface area contributed by atoms with Crippen LogP contribution in [0.2, 0.25) is 0 Å². The summed E-state index contributed by atoms with van der Waals surface area (Å²) in [6, 6.07) is 12.5. The molecule has 1 unspecified atom stereocenters. The van der Waals surface area contributed by atoms with Gasteiger partial charge in [-0.3, -0.25) is 9.69 Å². The van der Waals surface area contributed by atoms with Gasteiger partial charge in [0.2, 0.25) is 0 Å². The second kappa shape index (κ2) is 9.52. The summed E-state index contributed by atoms with van der Waals surface area (Å²) in [5.74, 6) is 1.45. The number of pyridine rings is 1. The third-order valence-corrected chi connectivity index (χ3v) is 10.1. The van der Waals surface area contributed by atoms with Crippen LogP contribution < -0.4 is 5.32 Å². The SMILES string of the molecule is CC1CCc2c(CN3CCC4(CC4)C3)cc(C(=O)Nc3cccc(C4(c5nncn5C)CC(CC#N)C4)c3)nc21. The van der Waals surface area contributed by atoms with Crippen LogP contribution in [-0.4, -0.2) is 43.6 Å². The van der Waals surface area contributed by atoms with Crippen molar-refractivity contribution >= 4 is 11.6 Å². The Balaban J connectivity index is 1.15. The molecule has 3 aliphatic carbocycles. The molecule has 3 fully saturated rings. The Bertz CT molecular complexity index is 1510. The Kier molecular flexibility index (Phi) is 6.04. The van der Waals surface area contributed by atoms with E-state index in [1.807, 2.05) is 29.8 Å². The molecule has 2 aromatic heterocycles. The summed E-state index contributed by atoms with van der Waals surface area (Å²) in [6.45, 7) is 5.49. The van der Waals surface area contributed by atoms with Gasteiger partial charge in [-0.15, -0.1) is 10.2 Å². The first-order valence-electron chi connectivity index (χ1n) is 14.8. The normalized spacial score (nSPS) is 26.3. The number of amides is 1. The van der Waals surface area contributed by atoms with Gasteiger partial charge in [-0.05, 0) is 104 Å². The number of nitrogens with one attached hydrogen (secondary N) is 1. The average Bonchev–Trinajstić information content (AvgIpc) is 3.18. The van der Waals surface area contributed by atoms with Gasteiger partial charge in [0.15, 0.2) is 0 Å². The summed E-state index contributed by atoms with van der Waals surface area (Å²) in [6.07, 6.45) is 10.2. The van der Waals surface area contributed by atoms with Gasteiger partial charge in [0.25, 0.3) is 5.91 Å². The van der Waals surface area contributed by atoms with E-state index in [0.717, 1.165) is 61.5 Å². The third-order valence-electron chi connectivity index (χ3n) is 10.1. The minimum Gasteiger partial charge on any atom is -0.321 e. The number of fused-ring (bicyclic) bond motifs is 1. The topological polar surface area (TPSA) is 99.7 Å². The van der Waals surface area contributed by atoms with Gasteiger partial charge in [0.05, 0.1) is 11.5 Å². The number of benzene rings is 1. The molecule has 40 heavy (non-hydrogen) atoms. The van der Waals surface area contributed by atoms with Crippen molar-refractivity contribution in [3.8, 4) is 6.07 Å². The lowest BCUT2D eigenvalue weighted by Gasteiger charge is -2.46. The van der Waals surface area contributed by atoms with Gasteiger partial charge in [-0.2, -0.15) is 5.26 Å². The van der Waals surface area contributed by atoms with Gasteiger partial charge in [0.1, 0.15) is 17.8 Å². The summed E-state index contributed by atoms with van der Waals surface area (Å²) >= 11 is 0. The largest absolute Gasteiger partial charge is 0.321 e. The molecule has 1 atom stereocenters. The molecule has 4 aliphatic rings. The highest BCUT2D eigenvalue weighted by Crippen LogP contribution is 2.54. The van der Waals surface area contributed by atoms with E-state index in [4.69, 9.17) is 4.98 Å². The zero-order valence-electron chi connectivity index (χ0n) is 23.5. The molecule has 1 spiro atoms. The molecule has 1 saturated heterocycles. The van der Waals surface area contributed by atoms with Crippen molar-refractivity contribution < 1.29 is 4.79 Å². The molecule has 7 rings (SSSR count). The fraction of sp³-hybridized carbons (Fsp3) is 0.531. The van der Waals surface area contributed by atoms with Crippen molar-refractivity contribution in [3.63, 3.8) is 0 Å². The highest BCUT2D eigenvalue weighted by Gasteiger charge is 2.50. The maximum absolute atomic E-state index is 13.6. The highest BCUT2D eigenvalue weighted by molar-refractivity contribution is 6.03. The molecule has 0 bridgehead atoms. The van der Waals surface area contributed by atoms with E-state index in [1.165, 1.54) is 36.9 Å². The van der Waals surface area contributed by atoms with Crippen LogP contribution in [0.15, 0.2) is 36.7 Å². The summed E-state index contributed by atoms with van der Waals surface area (Å²) in [4.78, 5) is 21.1. The number of aryl methyl sites for hydroxylation is 1. The minimum absolute atomic E-state index is 0.163. The van der Waals surface area contributed by atoms with Crippen molar-refractivity contribution in [2.24, 2.45) is 18.4 Å². The zero-order valence-corrected chi connectivity index (χ0v) is 23.5. The molecule has 1 amide bonds. The van der Waals surface area contributed by atoms with Crippen molar-refractivity contribution in [2.75, 3.05) is 18.4 Å². The molecule has 206 valence electrons. The molecule has 1 aliphatic heterocycles. The van der Waals surface area contributed by atoms with E-state index in [1.54, 1.807) is 6.33 Å². The van der Waals surface area contributed by atoms with E-state index in [0.29, 0.717) is 29.4 Å². The summed E-state index contributed by atoms with van der Waals surface area (Å²) in [7, 11) is 1.96. The Morgan fingerprint density at radius 3 is 2.80 bits per heavy atom. The average molecular weight is 536 g/mol. The number of nitriles is 1. The number of carbonyl (C=O) groups is 1. The van der Waals surface area contributed by atoms with Crippen molar-refractivity contribution in [1.29, 1.82) is 5.26 Å². The van der Waals surface area contributed by atoms with Crippen LogP contribution in [0.3, 0.4) is 0 Å². The van der Waals surface area contributed by atoms with E-state index < -0.39 is 0 Å². The third kappa shape index (κ3) is 4.32. The van der Waals surface area contributed by atoms with Crippen LogP contribution in [-0.2, 0) is 25.4 Å². The number of rotatable bonds is 7. The smallest absolute Gasteiger partial charge is 0.274 e. The summed E-state index contributed by atoms with van der Waals surface area (Å²) in [5, 5.41) is 21.0. The molecule has 0 radical (unpaired) electrons. The predicted octanol–water partition coefficient (Wildman–Crippen LogP) is 5.11. The molecular formula is C32H37N7O. The lowest BCUT2D eigenvalue weighted by molar-refractivity contribution is 0.102. The fourth-order valence-corrected chi connectivity index (χ4v) is 7.64. The van der Waals surface area contributed by atoms with Crippen LogP contribution in [0.4, 0.5) is 5.69 Å². The number of likely N-dealkylation sites (tertiary alicyclic amines) is 1. The first-order valence-corrected chi connectivity index (χ1v) is 14.8. The van der Waals surface area contributed by atoms with Crippen molar-refractivity contribution in [2.45, 2.75) is 76.2 Å². The highest BCUT2D eigenvalue weighted by atomic mass is 16.1. The molecule has 8 nitrogen and oxygen atoms in total. The van der Waals surface area contributed by atoms with Gasteiger partial charge in [-0.1, -0.05) is 19.1 Å². The van der Waals surface area contributed by atoms with Crippen LogP contribution in [0, 0.1) is 22.7 Å². The van der Waals surface area contributed by atoms with Gasteiger partial charge < -0.3 is 9.88 Å². The molecule has 3 aromatic rings. The lowest BCUT2D eigenvalue weighted by atomic mass is 9.57. The van der Waals surface area contributed by atoms with Crippen molar-refractivity contribution in [3.05, 3.63) is 70.6 Å². The van der Waals surface area contributed by atoms with Gasteiger partial charge in [0, 0.05) is 37.9 Å². The minimum atomic E-state index is -0.309. The van der Waals surface area contributed by atoms with Crippen molar-refractivity contribution in [1.82, 2.24) is 24.6 Å². The maximum Gasteiger partial charge on any atom is 0.274 e. The molecule has 8 heteroatoms. The Hall–Kier alpha value is -3.57. The first kappa shape index (κ1) is 25.4. The van der Waals surface area contributed by atoms with Crippen LogP contribution >= 0.6 is 0 Å². The summed E-state index contributed by atoms with van der Waals surface area (Å²) in [5.41, 5.74) is 6.39. The second-order valence-electron chi connectivity index (χ2n) is 12.9. The second-order valence-corrected chi connectivity index (χ2v) is 12.9. The quantitative estimate of drug-likeness (QED) is 0.451. The van der Waals surface area contributed by atoms with E-state index in [2.05, 4.69) is 45.5 Å². The molecule has 1 N–H and O–H groups in total. The number of anilines is 1. The number of hydrogen-bond donors (Lipinski definition) is 1. The standard InChI is InChI=1S/C32H37N7O/c1-21-6-7-26-23(18-39-13-11-31(19-39)9-10-31)14-27(36-28(21)26)29(40)35-25-5-3-4-24(15-25)32(16-22(17-32)8-12-33)30-37-34-20-38(30)2/h3-5,14-15,20-22H,6-11,13,16-19H2,1-2H3,(H,35,40). The lowest BCUT2D eigenvalue weighted by Crippen LogP contribution is -2.44. The fourth-order valence-electron chi connectivity index (χ4n) is 7.64. The Labute approximate surface area is 235 Å². The maximum atomic E-state index is 13.6. The molecule has 1 aromatic carbocycles. The molecular weight excluding hydrogens is 498 g/mol. The van der Waals surface area contributed by atoms with E-state index in [9.17, 15) is 10.1 Å². The van der Waals surface area contributed by atoms with Gasteiger partial charge in [-0.25, -0.2) is 4.98 Å². The van der Waals surface area contributed by atoms with E-state index in [-0.39, 0.29) is 11.3 Å². The Morgan fingerprint density at radius 1 is 1.23 bits per heavy atom. The predicted molar refractivity (Wildman–Crippen MR) is 152 cm³/mol. The molecule has 2 saturated carbocycles. The van der Waals surface area contributed by atoms with Crippen LogP contribution in [0.25, 0.3) is 0 Å². The Morgan fingerprint density at radius 2 is 2.08 bits per heavy atom. The number of aromatic nitrogens is 4. The number of nitrogens with zero attached hydrogens (tertiary/aromatic N) is 6. The number of carbonyl (C=O) groups excluding carboxylic acids is 1. The monoisotopic (exact) mass is 535 g/mol. The zero-order chi connectivity index (χ0) is 27.5. The van der Waals surface area contributed by atoms with Crippen LogP contribution in [0.1, 0.15) is 96.5 Å². The van der Waals surface area contributed by atoms with Crippen LogP contribution in [0.5, 0.6) is 0 Å².